The highest BCUT2D eigenvalue weighted by Crippen LogP contribution is 2.27. The summed E-state index contributed by atoms with van der Waals surface area (Å²) in [6.07, 6.45) is 2.61. The molecule has 0 heterocycles. The maximum Gasteiger partial charge on any atom is 0.234 e. The lowest BCUT2D eigenvalue weighted by atomic mass is 9.88. The van der Waals surface area contributed by atoms with Crippen molar-refractivity contribution in [2.75, 3.05) is 19.6 Å². The molecule has 1 unspecified atom stereocenters. The highest BCUT2D eigenvalue weighted by atomic mass is 16.2. The Labute approximate surface area is 98.3 Å². The zero-order chi connectivity index (χ0) is 12.2. The fraction of sp³-hybridized carbons (Fsp3) is 0.917. The largest absolute Gasteiger partial charge is 0.348 e. The van der Waals surface area contributed by atoms with Crippen LogP contribution >= 0.6 is 0 Å². The first kappa shape index (κ1) is 13.5. The van der Waals surface area contributed by atoms with Crippen molar-refractivity contribution in [3.63, 3.8) is 0 Å². The minimum atomic E-state index is -0.293. The van der Waals surface area contributed by atoms with Crippen LogP contribution in [0.4, 0.5) is 0 Å². The third kappa shape index (κ3) is 4.10. The van der Waals surface area contributed by atoms with Gasteiger partial charge >= 0.3 is 0 Å². The first-order valence-electron chi connectivity index (χ1n) is 6.19. The maximum atomic E-state index is 11.7. The molecular formula is C12H25N3O. The van der Waals surface area contributed by atoms with Gasteiger partial charge in [-0.2, -0.15) is 0 Å². The van der Waals surface area contributed by atoms with Crippen molar-refractivity contribution in [1.82, 2.24) is 10.6 Å². The topological polar surface area (TPSA) is 67.1 Å². The van der Waals surface area contributed by atoms with Crippen molar-refractivity contribution < 1.29 is 4.79 Å². The maximum absolute atomic E-state index is 11.7. The van der Waals surface area contributed by atoms with Crippen LogP contribution in [0.25, 0.3) is 0 Å². The fourth-order valence-corrected chi connectivity index (χ4v) is 1.51. The Bertz CT molecular complexity index is 238. The Balaban J connectivity index is 2.24. The number of carbonyl (C=O) groups is 1. The number of hydrogen-bond acceptors (Lipinski definition) is 3. The second kappa shape index (κ2) is 5.64. The van der Waals surface area contributed by atoms with Gasteiger partial charge < -0.3 is 16.4 Å². The second-order valence-electron chi connectivity index (χ2n) is 5.40. The molecule has 0 aromatic carbocycles. The summed E-state index contributed by atoms with van der Waals surface area (Å²) in [5, 5.41) is 6.19. The van der Waals surface area contributed by atoms with E-state index < -0.39 is 0 Å². The third-order valence-corrected chi connectivity index (χ3v) is 3.54. The normalized spacial score (nSPS) is 19.6. The Hall–Kier alpha value is -0.610. The minimum absolute atomic E-state index is 0.0438. The Morgan fingerprint density at radius 3 is 2.56 bits per heavy atom. The lowest BCUT2D eigenvalue weighted by molar-refractivity contribution is -0.122. The zero-order valence-electron chi connectivity index (χ0n) is 10.7. The number of nitrogens with one attached hydrogen (secondary N) is 2. The summed E-state index contributed by atoms with van der Waals surface area (Å²) in [5.74, 6) is 1.19. The van der Waals surface area contributed by atoms with Gasteiger partial charge in [0.2, 0.25) is 5.91 Å². The van der Waals surface area contributed by atoms with Gasteiger partial charge in [-0.05, 0) is 38.1 Å². The highest BCUT2D eigenvalue weighted by molar-refractivity contribution is 5.78. The lowest BCUT2D eigenvalue weighted by Crippen LogP contribution is -2.56. The molecule has 0 radical (unpaired) electrons. The Morgan fingerprint density at radius 2 is 2.12 bits per heavy atom. The van der Waals surface area contributed by atoms with Crippen LogP contribution in [0.5, 0.6) is 0 Å². The van der Waals surface area contributed by atoms with Crippen molar-refractivity contribution >= 4 is 5.91 Å². The fourth-order valence-electron chi connectivity index (χ4n) is 1.51. The van der Waals surface area contributed by atoms with Crippen molar-refractivity contribution in [2.45, 2.75) is 39.2 Å². The SMILES string of the molecule is CC(C)C(C)(CN)NC(=O)CNCC1CC1. The molecule has 0 aromatic heterocycles. The van der Waals surface area contributed by atoms with Crippen molar-refractivity contribution in [3.05, 3.63) is 0 Å². The minimum Gasteiger partial charge on any atom is -0.348 e. The van der Waals surface area contributed by atoms with Crippen LogP contribution in [0.15, 0.2) is 0 Å². The summed E-state index contributed by atoms with van der Waals surface area (Å²) in [6.45, 7) is 7.98. The van der Waals surface area contributed by atoms with E-state index in [1.54, 1.807) is 0 Å². The van der Waals surface area contributed by atoms with Crippen molar-refractivity contribution in [1.29, 1.82) is 0 Å². The molecule has 0 aromatic rings. The molecule has 1 atom stereocenters. The Morgan fingerprint density at radius 1 is 1.50 bits per heavy atom. The van der Waals surface area contributed by atoms with Gasteiger partial charge in [-0.25, -0.2) is 0 Å². The molecule has 1 amide bonds. The molecule has 0 spiro atoms. The van der Waals surface area contributed by atoms with Gasteiger partial charge in [0.25, 0.3) is 0 Å². The summed E-state index contributed by atoms with van der Waals surface area (Å²) < 4.78 is 0. The van der Waals surface area contributed by atoms with Crippen LogP contribution in [-0.4, -0.2) is 31.1 Å². The zero-order valence-corrected chi connectivity index (χ0v) is 10.7. The molecular weight excluding hydrogens is 202 g/mol. The quantitative estimate of drug-likeness (QED) is 0.592. The van der Waals surface area contributed by atoms with E-state index in [1.165, 1.54) is 12.8 Å². The van der Waals surface area contributed by atoms with Gasteiger partial charge in [-0.1, -0.05) is 13.8 Å². The summed E-state index contributed by atoms with van der Waals surface area (Å²) in [4.78, 5) is 11.7. The van der Waals surface area contributed by atoms with E-state index >= 15 is 0 Å². The van der Waals surface area contributed by atoms with Gasteiger partial charge in [0, 0.05) is 6.54 Å². The lowest BCUT2D eigenvalue weighted by Gasteiger charge is -2.33. The van der Waals surface area contributed by atoms with E-state index in [1.807, 2.05) is 6.92 Å². The smallest absolute Gasteiger partial charge is 0.234 e. The summed E-state index contributed by atoms with van der Waals surface area (Å²) >= 11 is 0. The number of rotatable bonds is 7. The van der Waals surface area contributed by atoms with Crippen LogP contribution in [0.3, 0.4) is 0 Å². The van der Waals surface area contributed by atoms with Crippen LogP contribution in [0.2, 0.25) is 0 Å². The third-order valence-electron chi connectivity index (χ3n) is 3.54. The second-order valence-corrected chi connectivity index (χ2v) is 5.40. The van der Waals surface area contributed by atoms with Crippen molar-refractivity contribution in [2.24, 2.45) is 17.6 Å². The molecule has 4 heteroatoms. The van der Waals surface area contributed by atoms with Crippen LogP contribution in [0, 0.1) is 11.8 Å². The molecule has 1 aliphatic carbocycles. The molecule has 0 saturated heterocycles. The molecule has 0 aliphatic heterocycles. The van der Waals surface area contributed by atoms with Gasteiger partial charge in [0.1, 0.15) is 0 Å². The van der Waals surface area contributed by atoms with Crippen LogP contribution in [0.1, 0.15) is 33.6 Å². The van der Waals surface area contributed by atoms with E-state index in [9.17, 15) is 4.79 Å². The van der Waals surface area contributed by atoms with Gasteiger partial charge in [0.05, 0.1) is 12.1 Å². The number of amides is 1. The number of nitrogens with two attached hydrogens (primary N) is 1. The van der Waals surface area contributed by atoms with Gasteiger partial charge in [-0.3, -0.25) is 4.79 Å². The number of carbonyl (C=O) groups excluding carboxylic acids is 1. The van der Waals surface area contributed by atoms with Gasteiger partial charge in [0.15, 0.2) is 0 Å². The van der Waals surface area contributed by atoms with Crippen molar-refractivity contribution in [3.8, 4) is 0 Å². The molecule has 1 saturated carbocycles. The van der Waals surface area contributed by atoms with E-state index in [0.717, 1.165) is 12.5 Å². The standard InChI is InChI=1S/C12H25N3O/c1-9(2)12(3,8-13)15-11(16)7-14-6-10-4-5-10/h9-10,14H,4-8,13H2,1-3H3,(H,15,16). The van der Waals surface area contributed by atoms with Crippen LogP contribution < -0.4 is 16.4 Å². The average molecular weight is 227 g/mol. The predicted octanol–water partition coefficient (Wildman–Crippen LogP) is 0.476. The molecule has 16 heavy (non-hydrogen) atoms. The predicted molar refractivity (Wildman–Crippen MR) is 66.0 cm³/mol. The van der Waals surface area contributed by atoms with E-state index in [0.29, 0.717) is 19.0 Å². The number of hydrogen-bond donors (Lipinski definition) is 3. The monoisotopic (exact) mass is 227 g/mol. The summed E-state index contributed by atoms with van der Waals surface area (Å²) in [6, 6.07) is 0. The summed E-state index contributed by atoms with van der Waals surface area (Å²) in [5.41, 5.74) is 5.41. The molecule has 1 aliphatic rings. The average Bonchev–Trinajstić information content (AvgIpc) is 3.01. The summed E-state index contributed by atoms with van der Waals surface area (Å²) in [7, 11) is 0. The highest BCUT2D eigenvalue weighted by Gasteiger charge is 2.28. The molecule has 1 fully saturated rings. The molecule has 0 bridgehead atoms. The van der Waals surface area contributed by atoms with E-state index in [4.69, 9.17) is 5.73 Å². The first-order chi connectivity index (χ1) is 7.48. The molecule has 4 N–H and O–H groups in total. The molecule has 4 nitrogen and oxygen atoms in total. The van der Waals surface area contributed by atoms with Gasteiger partial charge in [-0.15, -0.1) is 0 Å². The Kier molecular flexibility index (Phi) is 4.74. The van der Waals surface area contributed by atoms with E-state index in [2.05, 4.69) is 24.5 Å². The molecule has 1 rings (SSSR count). The first-order valence-corrected chi connectivity index (χ1v) is 6.19. The van der Waals surface area contributed by atoms with E-state index in [-0.39, 0.29) is 11.4 Å². The molecule has 94 valence electrons. The van der Waals surface area contributed by atoms with Crippen LogP contribution in [-0.2, 0) is 4.79 Å².